The molecule has 1 aliphatic heterocycles. The molecule has 27 heavy (non-hydrogen) atoms. The highest BCUT2D eigenvalue weighted by Crippen LogP contribution is 2.64. The quantitative estimate of drug-likeness (QED) is 0.771. The van der Waals surface area contributed by atoms with Gasteiger partial charge in [-0.05, 0) is 35.1 Å². The van der Waals surface area contributed by atoms with E-state index in [0.717, 1.165) is 0 Å². The number of furan rings is 1. The van der Waals surface area contributed by atoms with Crippen LogP contribution in [0.3, 0.4) is 0 Å². The Morgan fingerprint density at radius 1 is 0.778 bits per heavy atom. The first-order valence-corrected chi connectivity index (χ1v) is 9.57. The van der Waals surface area contributed by atoms with E-state index >= 15 is 0 Å². The fraction of sp³-hybridized carbons (Fsp3) is 0.304. The molecular weight excluding hydrogens is 338 g/mol. The molecule has 2 aromatic rings. The molecule has 0 N–H and O–H groups in total. The zero-order valence-electron chi connectivity index (χ0n) is 14.7. The average molecular weight is 357 g/mol. The number of rotatable bonds is 2. The van der Waals surface area contributed by atoms with Crippen molar-refractivity contribution in [2.24, 2.45) is 23.7 Å². The van der Waals surface area contributed by atoms with Gasteiger partial charge in [0.15, 0.2) is 0 Å². The fourth-order valence-electron chi connectivity index (χ4n) is 6.00. The molecule has 0 radical (unpaired) electrons. The predicted molar refractivity (Wildman–Crippen MR) is 98.4 cm³/mol. The van der Waals surface area contributed by atoms with E-state index in [0.29, 0.717) is 5.76 Å². The molecule has 4 heteroatoms. The van der Waals surface area contributed by atoms with Crippen LogP contribution in [-0.4, -0.2) is 16.7 Å². The maximum Gasteiger partial charge on any atom is 0.234 e. The van der Waals surface area contributed by atoms with E-state index in [9.17, 15) is 9.59 Å². The molecule has 2 fully saturated rings. The monoisotopic (exact) mass is 357 g/mol. The van der Waals surface area contributed by atoms with Crippen LogP contribution >= 0.6 is 0 Å². The second kappa shape index (κ2) is 5.32. The third kappa shape index (κ3) is 1.88. The van der Waals surface area contributed by atoms with E-state index in [1.165, 1.54) is 16.0 Å². The first-order valence-electron chi connectivity index (χ1n) is 9.57. The van der Waals surface area contributed by atoms with Crippen molar-refractivity contribution in [3.63, 3.8) is 0 Å². The van der Waals surface area contributed by atoms with E-state index in [-0.39, 0.29) is 53.9 Å². The molecule has 1 saturated carbocycles. The summed E-state index contributed by atoms with van der Waals surface area (Å²) in [4.78, 5) is 28.2. The lowest BCUT2D eigenvalue weighted by atomic mass is 9.48. The van der Waals surface area contributed by atoms with E-state index in [4.69, 9.17) is 4.42 Å². The molecule has 5 aliphatic rings. The molecular formula is C23H19NO3. The number of hydrogen-bond acceptors (Lipinski definition) is 3. The zero-order valence-corrected chi connectivity index (χ0v) is 14.7. The summed E-state index contributed by atoms with van der Waals surface area (Å²) >= 11 is 0. The number of benzene rings is 1. The average Bonchev–Trinajstić information content (AvgIpc) is 3.31. The van der Waals surface area contributed by atoms with Crippen molar-refractivity contribution in [1.29, 1.82) is 0 Å². The summed E-state index contributed by atoms with van der Waals surface area (Å²) in [6, 6.07) is 12.0. The Hall–Kier alpha value is -2.88. The summed E-state index contributed by atoms with van der Waals surface area (Å²) in [5.74, 6) is 0.778. The van der Waals surface area contributed by atoms with Crippen LogP contribution < -0.4 is 0 Å². The Morgan fingerprint density at radius 3 is 1.89 bits per heavy atom. The van der Waals surface area contributed by atoms with Crippen LogP contribution in [0.15, 0.2) is 71.4 Å². The predicted octanol–water partition coefficient (Wildman–Crippen LogP) is 3.63. The van der Waals surface area contributed by atoms with Gasteiger partial charge in [-0.2, -0.15) is 0 Å². The van der Waals surface area contributed by atoms with Crippen molar-refractivity contribution in [2.75, 3.05) is 0 Å². The Labute approximate surface area is 157 Å². The van der Waals surface area contributed by atoms with E-state index in [1.54, 1.807) is 12.3 Å². The summed E-state index contributed by atoms with van der Waals surface area (Å²) in [6.45, 7) is 0.231. The summed E-state index contributed by atoms with van der Waals surface area (Å²) in [6.07, 6.45) is 10.2. The van der Waals surface area contributed by atoms with Crippen LogP contribution in [0.1, 0.15) is 28.7 Å². The Bertz CT molecular complexity index is 939. The normalized spacial score (nSPS) is 35.3. The standard InChI is InChI=1S/C23H19NO3/c25-22-20-18-14-7-1-2-8-15(14)19(17-10-4-3-9-16(17)18)21(20)23(26)24(22)12-13-6-5-11-27-13/h1-11,14-15,18-21H,12H2. The van der Waals surface area contributed by atoms with Crippen LogP contribution in [0.25, 0.3) is 0 Å². The van der Waals surface area contributed by atoms with Crippen LogP contribution in [0.4, 0.5) is 0 Å². The van der Waals surface area contributed by atoms with E-state index < -0.39 is 0 Å². The highest BCUT2D eigenvalue weighted by molar-refractivity contribution is 6.06. The molecule has 4 nitrogen and oxygen atoms in total. The number of imide groups is 1. The minimum absolute atomic E-state index is 0.0349. The molecule has 2 amide bonds. The van der Waals surface area contributed by atoms with Crippen molar-refractivity contribution in [1.82, 2.24) is 4.90 Å². The van der Waals surface area contributed by atoms with Crippen molar-refractivity contribution < 1.29 is 14.0 Å². The van der Waals surface area contributed by atoms with Crippen LogP contribution in [0.5, 0.6) is 0 Å². The van der Waals surface area contributed by atoms with Crippen molar-refractivity contribution in [2.45, 2.75) is 18.4 Å². The molecule has 6 atom stereocenters. The molecule has 2 heterocycles. The van der Waals surface area contributed by atoms with Gasteiger partial charge in [0, 0.05) is 11.8 Å². The lowest BCUT2D eigenvalue weighted by molar-refractivity contribution is -0.141. The van der Waals surface area contributed by atoms with Crippen LogP contribution in [0.2, 0.25) is 0 Å². The second-order valence-corrected chi connectivity index (χ2v) is 8.00. The minimum Gasteiger partial charge on any atom is -0.467 e. The highest BCUT2D eigenvalue weighted by atomic mass is 16.3. The van der Waals surface area contributed by atoms with Gasteiger partial charge in [0.05, 0.1) is 24.6 Å². The highest BCUT2D eigenvalue weighted by Gasteiger charge is 2.64. The van der Waals surface area contributed by atoms with Gasteiger partial charge in [-0.1, -0.05) is 48.6 Å². The molecule has 0 spiro atoms. The Balaban J connectivity index is 1.49. The maximum atomic E-state index is 13.4. The first-order chi connectivity index (χ1) is 13.3. The van der Waals surface area contributed by atoms with Gasteiger partial charge in [-0.3, -0.25) is 14.5 Å². The molecule has 7 rings (SSSR count). The van der Waals surface area contributed by atoms with Gasteiger partial charge in [0.1, 0.15) is 5.76 Å². The topological polar surface area (TPSA) is 50.5 Å². The largest absolute Gasteiger partial charge is 0.467 e. The maximum absolute atomic E-state index is 13.4. The number of carbonyl (C=O) groups is 2. The number of likely N-dealkylation sites (tertiary alicyclic amines) is 1. The Morgan fingerprint density at radius 2 is 1.37 bits per heavy atom. The summed E-state index contributed by atoms with van der Waals surface area (Å²) < 4.78 is 5.40. The molecule has 1 saturated heterocycles. The molecule has 1 aromatic carbocycles. The molecule has 134 valence electrons. The van der Waals surface area contributed by atoms with E-state index in [2.05, 4.69) is 36.4 Å². The van der Waals surface area contributed by atoms with Gasteiger partial charge in [-0.25, -0.2) is 0 Å². The fourth-order valence-corrected chi connectivity index (χ4v) is 6.00. The van der Waals surface area contributed by atoms with Crippen molar-refractivity contribution >= 4 is 11.8 Å². The van der Waals surface area contributed by atoms with Crippen molar-refractivity contribution in [3.05, 3.63) is 83.9 Å². The van der Waals surface area contributed by atoms with Gasteiger partial charge in [-0.15, -0.1) is 0 Å². The summed E-state index contributed by atoms with van der Waals surface area (Å²) in [5.41, 5.74) is 2.51. The van der Waals surface area contributed by atoms with Gasteiger partial charge in [0.25, 0.3) is 0 Å². The lowest BCUT2D eigenvalue weighted by Gasteiger charge is -2.53. The van der Waals surface area contributed by atoms with E-state index in [1.807, 2.05) is 18.2 Å². The second-order valence-electron chi connectivity index (χ2n) is 8.00. The number of hydrogen-bond donors (Lipinski definition) is 0. The van der Waals surface area contributed by atoms with Crippen LogP contribution in [0, 0.1) is 23.7 Å². The van der Waals surface area contributed by atoms with Crippen LogP contribution in [-0.2, 0) is 16.1 Å². The third-order valence-electron chi connectivity index (χ3n) is 6.92. The molecule has 1 aromatic heterocycles. The number of allylic oxidation sites excluding steroid dienone is 4. The lowest BCUT2D eigenvalue weighted by Crippen LogP contribution is -2.49. The molecule has 4 aliphatic carbocycles. The smallest absolute Gasteiger partial charge is 0.234 e. The van der Waals surface area contributed by atoms with Crippen molar-refractivity contribution in [3.8, 4) is 0 Å². The first kappa shape index (κ1) is 15.2. The van der Waals surface area contributed by atoms with Gasteiger partial charge >= 0.3 is 0 Å². The number of nitrogens with zero attached hydrogens (tertiary/aromatic N) is 1. The van der Waals surface area contributed by atoms with Gasteiger partial charge in [0.2, 0.25) is 11.8 Å². The summed E-state index contributed by atoms with van der Waals surface area (Å²) in [5, 5.41) is 0. The zero-order chi connectivity index (χ0) is 18.1. The third-order valence-corrected chi connectivity index (χ3v) is 6.92. The number of carbonyl (C=O) groups excluding carboxylic acids is 2. The molecule has 6 unspecified atom stereocenters. The molecule has 2 bridgehead atoms. The summed E-state index contributed by atoms with van der Waals surface area (Å²) in [7, 11) is 0. The SMILES string of the molecule is O=C1C2C(C(=O)N1Cc1ccco1)C1c3ccccc3C2C2C=CC=CC21. The van der Waals surface area contributed by atoms with Gasteiger partial charge < -0.3 is 4.42 Å². The Kier molecular flexibility index (Phi) is 2.99. The number of amides is 2. The minimum atomic E-state index is -0.259.